The standard InChI is InChI=1S/C10H8BrNO2/c11-10(4-13-5-10)7-1-2-8-9(3-7)14-6-12-8/h1-3,6H,4-5H2. The Hall–Kier alpha value is -0.870. The van der Waals surface area contributed by atoms with E-state index in [1.807, 2.05) is 12.1 Å². The van der Waals surface area contributed by atoms with Crippen LogP contribution in [0.2, 0.25) is 0 Å². The van der Waals surface area contributed by atoms with E-state index in [9.17, 15) is 0 Å². The number of nitrogens with zero attached hydrogens (tertiary/aromatic N) is 1. The molecule has 0 atom stereocenters. The van der Waals surface area contributed by atoms with Gasteiger partial charge in [-0.1, -0.05) is 22.0 Å². The van der Waals surface area contributed by atoms with Gasteiger partial charge in [0.15, 0.2) is 12.0 Å². The molecule has 1 aliphatic heterocycles. The van der Waals surface area contributed by atoms with Crippen LogP contribution < -0.4 is 0 Å². The highest BCUT2D eigenvalue weighted by Crippen LogP contribution is 2.39. The number of hydrogen-bond donors (Lipinski definition) is 0. The van der Waals surface area contributed by atoms with Gasteiger partial charge in [-0.2, -0.15) is 0 Å². The van der Waals surface area contributed by atoms with Gasteiger partial charge in [-0.3, -0.25) is 0 Å². The van der Waals surface area contributed by atoms with Crippen LogP contribution in [0.5, 0.6) is 0 Å². The first-order chi connectivity index (χ1) is 6.78. The average Bonchev–Trinajstić information content (AvgIpc) is 2.60. The van der Waals surface area contributed by atoms with Gasteiger partial charge in [-0.05, 0) is 17.7 Å². The summed E-state index contributed by atoms with van der Waals surface area (Å²) in [6.45, 7) is 1.43. The van der Waals surface area contributed by atoms with Crippen molar-refractivity contribution in [2.45, 2.75) is 4.32 Å². The fraction of sp³-hybridized carbons (Fsp3) is 0.300. The smallest absolute Gasteiger partial charge is 0.181 e. The van der Waals surface area contributed by atoms with Crippen molar-refractivity contribution in [1.82, 2.24) is 4.98 Å². The Morgan fingerprint density at radius 2 is 2.21 bits per heavy atom. The molecule has 1 fully saturated rings. The maximum absolute atomic E-state index is 5.25. The van der Waals surface area contributed by atoms with Gasteiger partial charge in [0.1, 0.15) is 5.52 Å². The maximum Gasteiger partial charge on any atom is 0.181 e. The molecule has 14 heavy (non-hydrogen) atoms. The van der Waals surface area contributed by atoms with Crippen LogP contribution >= 0.6 is 15.9 Å². The van der Waals surface area contributed by atoms with Gasteiger partial charge in [0, 0.05) is 0 Å². The minimum Gasteiger partial charge on any atom is -0.443 e. The second kappa shape index (κ2) is 2.81. The van der Waals surface area contributed by atoms with E-state index in [0.29, 0.717) is 13.2 Å². The summed E-state index contributed by atoms with van der Waals surface area (Å²) < 4.78 is 10.4. The molecule has 1 aromatic heterocycles. The summed E-state index contributed by atoms with van der Waals surface area (Å²) in [5.74, 6) is 0. The van der Waals surface area contributed by atoms with E-state index in [-0.39, 0.29) is 4.32 Å². The van der Waals surface area contributed by atoms with Gasteiger partial charge in [-0.25, -0.2) is 4.98 Å². The Balaban J connectivity index is 2.13. The molecule has 0 N–H and O–H groups in total. The Morgan fingerprint density at radius 3 is 2.93 bits per heavy atom. The molecule has 0 unspecified atom stereocenters. The molecule has 0 saturated carbocycles. The highest BCUT2D eigenvalue weighted by molar-refractivity contribution is 9.09. The number of rotatable bonds is 1. The third kappa shape index (κ3) is 1.11. The molecule has 1 aliphatic rings. The first-order valence-electron chi connectivity index (χ1n) is 4.38. The normalized spacial score (nSPS) is 19.5. The van der Waals surface area contributed by atoms with Crippen LogP contribution in [-0.2, 0) is 9.06 Å². The van der Waals surface area contributed by atoms with Crippen molar-refractivity contribution in [3.8, 4) is 0 Å². The third-order valence-corrected chi connectivity index (χ3v) is 3.43. The van der Waals surface area contributed by atoms with Crippen molar-refractivity contribution in [3.05, 3.63) is 30.2 Å². The molecule has 0 amide bonds. The molecule has 72 valence electrons. The molecule has 3 nitrogen and oxygen atoms in total. The Bertz CT molecular complexity index is 476. The summed E-state index contributed by atoms with van der Waals surface area (Å²) in [6, 6.07) is 6.04. The Labute approximate surface area is 89.2 Å². The van der Waals surface area contributed by atoms with Crippen LogP contribution in [0.4, 0.5) is 0 Å². The van der Waals surface area contributed by atoms with E-state index < -0.39 is 0 Å². The van der Waals surface area contributed by atoms with E-state index >= 15 is 0 Å². The second-order valence-electron chi connectivity index (χ2n) is 3.49. The van der Waals surface area contributed by atoms with Gasteiger partial charge in [0.2, 0.25) is 0 Å². The van der Waals surface area contributed by atoms with Crippen LogP contribution in [0.15, 0.2) is 29.0 Å². The predicted octanol–water partition coefficient (Wildman–Crippen LogP) is 2.45. The third-order valence-electron chi connectivity index (χ3n) is 2.51. The zero-order chi connectivity index (χ0) is 9.60. The maximum atomic E-state index is 5.25. The number of benzene rings is 1. The van der Waals surface area contributed by atoms with E-state index in [1.54, 1.807) is 0 Å². The number of halogens is 1. The molecule has 2 aromatic rings. The predicted molar refractivity (Wildman–Crippen MR) is 55.4 cm³/mol. The number of alkyl halides is 1. The number of hydrogen-bond acceptors (Lipinski definition) is 3. The number of ether oxygens (including phenoxy) is 1. The molecular weight excluding hydrogens is 246 g/mol. The lowest BCUT2D eigenvalue weighted by Gasteiger charge is -2.36. The number of aromatic nitrogens is 1. The summed E-state index contributed by atoms with van der Waals surface area (Å²) in [4.78, 5) is 4.07. The molecule has 3 rings (SSSR count). The minimum absolute atomic E-state index is 0.0199. The largest absolute Gasteiger partial charge is 0.443 e. The van der Waals surface area contributed by atoms with Crippen LogP contribution in [-0.4, -0.2) is 18.2 Å². The lowest BCUT2D eigenvalue weighted by Crippen LogP contribution is -2.40. The van der Waals surface area contributed by atoms with Crippen LogP contribution in [0, 0.1) is 0 Å². The summed E-state index contributed by atoms with van der Waals surface area (Å²) in [5.41, 5.74) is 2.91. The first-order valence-corrected chi connectivity index (χ1v) is 5.18. The molecule has 0 radical (unpaired) electrons. The highest BCUT2D eigenvalue weighted by Gasteiger charge is 2.37. The van der Waals surface area contributed by atoms with Crippen molar-refractivity contribution in [2.75, 3.05) is 13.2 Å². The van der Waals surface area contributed by atoms with E-state index in [0.717, 1.165) is 11.1 Å². The van der Waals surface area contributed by atoms with Gasteiger partial charge in [-0.15, -0.1) is 0 Å². The zero-order valence-corrected chi connectivity index (χ0v) is 8.95. The highest BCUT2D eigenvalue weighted by atomic mass is 79.9. The van der Waals surface area contributed by atoms with Gasteiger partial charge < -0.3 is 9.15 Å². The van der Waals surface area contributed by atoms with Crippen LogP contribution in [0.3, 0.4) is 0 Å². The van der Waals surface area contributed by atoms with Gasteiger partial charge >= 0.3 is 0 Å². The van der Waals surface area contributed by atoms with Crippen molar-refractivity contribution in [2.24, 2.45) is 0 Å². The van der Waals surface area contributed by atoms with Gasteiger partial charge in [0.05, 0.1) is 17.5 Å². The topological polar surface area (TPSA) is 35.3 Å². The molecule has 1 aromatic carbocycles. The Kier molecular flexibility index (Phi) is 1.69. The molecule has 0 bridgehead atoms. The summed E-state index contributed by atoms with van der Waals surface area (Å²) in [6.07, 6.45) is 1.46. The quantitative estimate of drug-likeness (QED) is 0.733. The van der Waals surface area contributed by atoms with E-state index in [4.69, 9.17) is 9.15 Å². The van der Waals surface area contributed by atoms with Crippen LogP contribution in [0.1, 0.15) is 5.56 Å². The van der Waals surface area contributed by atoms with Gasteiger partial charge in [0.25, 0.3) is 0 Å². The lowest BCUT2D eigenvalue weighted by atomic mass is 9.97. The van der Waals surface area contributed by atoms with Crippen molar-refractivity contribution < 1.29 is 9.15 Å². The SMILES string of the molecule is BrC1(c2ccc3ncoc3c2)COC1. The van der Waals surface area contributed by atoms with Crippen molar-refractivity contribution in [1.29, 1.82) is 0 Å². The van der Waals surface area contributed by atoms with Crippen molar-refractivity contribution in [3.63, 3.8) is 0 Å². The summed E-state index contributed by atoms with van der Waals surface area (Å²) in [7, 11) is 0. The van der Waals surface area contributed by atoms with Crippen molar-refractivity contribution >= 4 is 27.0 Å². The summed E-state index contributed by atoms with van der Waals surface area (Å²) >= 11 is 3.66. The van der Waals surface area contributed by atoms with E-state index in [1.165, 1.54) is 12.0 Å². The molecule has 2 heterocycles. The molecule has 0 aliphatic carbocycles. The second-order valence-corrected chi connectivity index (χ2v) is 5.01. The molecule has 4 heteroatoms. The average molecular weight is 254 g/mol. The lowest BCUT2D eigenvalue weighted by molar-refractivity contribution is -0.00695. The zero-order valence-electron chi connectivity index (χ0n) is 7.37. The molecular formula is C10H8BrNO2. The molecule has 1 saturated heterocycles. The fourth-order valence-corrected chi connectivity index (χ4v) is 2.15. The summed E-state index contributed by atoms with van der Waals surface area (Å²) in [5, 5.41) is 0. The minimum atomic E-state index is -0.0199. The fourth-order valence-electron chi connectivity index (χ4n) is 1.58. The van der Waals surface area contributed by atoms with E-state index in [2.05, 4.69) is 27.0 Å². The number of oxazole rings is 1. The first kappa shape index (κ1) is 8.44. The molecule has 0 spiro atoms. The number of fused-ring (bicyclic) bond motifs is 1. The van der Waals surface area contributed by atoms with Crippen LogP contribution in [0.25, 0.3) is 11.1 Å². The monoisotopic (exact) mass is 253 g/mol. The Morgan fingerprint density at radius 1 is 1.36 bits per heavy atom.